The molecular formula is C12H9ClFNO2S. The number of nitrogen functional groups attached to an aromatic ring is 1. The molecule has 3 nitrogen and oxygen atoms in total. The van der Waals surface area contributed by atoms with Crippen LogP contribution in [0.5, 0.6) is 0 Å². The molecule has 0 aliphatic rings. The van der Waals surface area contributed by atoms with Crippen LogP contribution in [-0.2, 0) is 11.3 Å². The van der Waals surface area contributed by atoms with Crippen molar-refractivity contribution in [1.82, 2.24) is 0 Å². The van der Waals surface area contributed by atoms with E-state index in [4.69, 9.17) is 22.1 Å². The molecule has 0 aliphatic carbocycles. The molecule has 6 heteroatoms. The molecule has 0 fully saturated rings. The number of carbonyl (C=O) groups excluding carboxylic acids is 1. The van der Waals surface area contributed by atoms with E-state index in [2.05, 4.69) is 0 Å². The second-order valence-corrected chi connectivity index (χ2v) is 4.82. The molecule has 0 unspecified atom stereocenters. The minimum atomic E-state index is -0.578. The van der Waals surface area contributed by atoms with Gasteiger partial charge in [-0.25, -0.2) is 9.18 Å². The second-order valence-electron chi connectivity index (χ2n) is 3.49. The quantitative estimate of drug-likeness (QED) is 0.879. The molecule has 0 saturated carbocycles. The maximum Gasteiger partial charge on any atom is 0.350 e. The molecule has 94 valence electrons. The van der Waals surface area contributed by atoms with Crippen LogP contribution in [0.15, 0.2) is 29.6 Å². The van der Waals surface area contributed by atoms with Crippen molar-refractivity contribution >= 4 is 34.6 Å². The summed E-state index contributed by atoms with van der Waals surface area (Å²) < 4.78 is 18.5. The predicted molar refractivity (Wildman–Crippen MR) is 69.3 cm³/mol. The number of rotatable bonds is 3. The minimum absolute atomic E-state index is 0.000753. The first-order valence-electron chi connectivity index (χ1n) is 5.02. The van der Waals surface area contributed by atoms with E-state index in [1.54, 1.807) is 17.5 Å². The number of esters is 1. The lowest BCUT2D eigenvalue weighted by Crippen LogP contribution is -2.06. The molecule has 0 radical (unpaired) electrons. The Morgan fingerprint density at radius 1 is 1.44 bits per heavy atom. The maximum atomic E-state index is 13.5. The average Bonchev–Trinajstić information content (AvgIpc) is 2.77. The van der Waals surface area contributed by atoms with Crippen molar-refractivity contribution in [2.45, 2.75) is 6.61 Å². The van der Waals surface area contributed by atoms with Crippen molar-refractivity contribution < 1.29 is 13.9 Å². The normalized spacial score (nSPS) is 10.3. The first-order valence-corrected chi connectivity index (χ1v) is 6.28. The van der Waals surface area contributed by atoms with Gasteiger partial charge >= 0.3 is 5.97 Å². The zero-order chi connectivity index (χ0) is 13.1. The van der Waals surface area contributed by atoms with Gasteiger partial charge in [-0.3, -0.25) is 0 Å². The summed E-state index contributed by atoms with van der Waals surface area (Å²) in [6.07, 6.45) is 0. The SMILES string of the molecule is Nc1ccsc1C(=O)OCc1cccc(Cl)c1F. The molecule has 18 heavy (non-hydrogen) atoms. The molecule has 1 heterocycles. The first-order chi connectivity index (χ1) is 8.59. The van der Waals surface area contributed by atoms with Gasteiger partial charge in [0.25, 0.3) is 0 Å². The fraction of sp³-hybridized carbons (Fsp3) is 0.0833. The fourth-order valence-corrected chi connectivity index (χ4v) is 2.26. The molecule has 1 aromatic heterocycles. The van der Waals surface area contributed by atoms with Gasteiger partial charge in [-0.1, -0.05) is 23.7 Å². The van der Waals surface area contributed by atoms with Crippen LogP contribution in [0, 0.1) is 5.82 Å². The van der Waals surface area contributed by atoms with Gasteiger partial charge in [0, 0.05) is 5.56 Å². The molecule has 1 aromatic carbocycles. The van der Waals surface area contributed by atoms with Gasteiger partial charge in [0.1, 0.15) is 17.3 Å². The Hall–Kier alpha value is -1.59. The monoisotopic (exact) mass is 285 g/mol. The predicted octanol–water partition coefficient (Wildman–Crippen LogP) is 3.48. The van der Waals surface area contributed by atoms with Gasteiger partial charge in [-0.15, -0.1) is 11.3 Å². The topological polar surface area (TPSA) is 52.3 Å². The summed E-state index contributed by atoms with van der Waals surface area (Å²) in [6, 6.07) is 6.14. The molecule has 0 spiro atoms. The van der Waals surface area contributed by atoms with E-state index in [0.29, 0.717) is 10.6 Å². The van der Waals surface area contributed by atoms with E-state index in [9.17, 15) is 9.18 Å². The molecule has 2 rings (SSSR count). The van der Waals surface area contributed by atoms with E-state index < -0.39 is 11.8 Å². The van der Waals surface area contributed by atoms with Crippen LogP contribution in [0.25, 0.3) is 0 Å². The van der Waals surface area contributed by atoms with Crippen molar-refractivity contribution in [3.63, 3.8) is 0 Å². The molecule has 2 aromatic rings. The number of thiophene rings is 1. The van der Waals surface area contributed by atoms with Gasteiger partial charge in [-0.05, 0) is 17.5 Å². The number of benzene rings is 1. The summed E-state index contributed by atoms with van der Waals surface area (Å²) in [4.78, 5) is 12.0. The van der Waals surface area contributed by atoms with Crippen LogP contribution in [0.3, 0.4) is 0 Å². The fourth-order valence-electron chi connectivity index (χ4n) is 1.35. The van der Waals surface area contributed by atoms with Crippen LogP contribution in [0.4, 0.5) is 10.1 Å². The van der Waals surface area contributed by atoms with Gasteiger partial charge in [0.05, 0.1) is 10.7 Å². The van der Waals surface area contributed by atoms with Crippen molar-refractivity contribution in [2.24, 2.45) is 0 Å². The van der Waals surface area contributed by atoms with Crippen molar-refractivity contribution in [3.05, 3.63) is 50.9 Å². The molecule has 0 atom stereocenters. The van der Waals surface area contributed by atoms with Crippen LogP contribution in [0.2, 0.25) is 5.02 Å². The molecule has 0 aliphatic heterocycles. The Bertz CT molecular complexity index is 585. The number of hydrogen-bond acceptors (Lipinski definition) is 4. The van der Waals surface area contributed by atoms with E-state index in [0.717, 1.165) is 0 Å². The Morgan fingerprint density at radius 2 is 2.22 bits per heavy atom. The molecule has 0 bridgehead atoms. The summed E-state index contributed by atoms with van der Waals surface area (Å²) in [6.45, 7) is -0.178. The van der Waals surface area contributed by atoms with Crippen molar-refractivity contribution in [3.8, 4) is 0 Å². The highest BCUT2D eigenvalue weighted by Gasteiger charge is 2.14. The smallest absolute Gasteiger partial charge is 0.350 e. The highest BCUT2D eigenvalue weighted by Crippen LogP contribution is 2.22. The standard InChI is InChI=1S/C12H9ClFNO2S/c13-8-3-1-2-7(10(8)14)6-17-12(16)11-9(15)4-5-18-11/h1-5H,6,15H2. The Kier molecular flexibility index (Phi) is 3.84. The summed E-state index contributed by atoms with van der Waals surface area (Å²) >= 11 is 6.80. The lowest BCUT2D eigenvalue weighted by Gasteiger charge is -2.06. The Balaban J connectivity index is 2.06. The zero-order valence-corrected chi connectivity index (χ0v) is 10.7. The van der Waals surface area contributed by atoms with Gasteiger partial charge < -0.3 is 10.5 Å². The lowest BCUT2D eigenvalue weighted by molar-refractivity contribution is 0.0476. The number of halogens is 2. The molecular weight excluding hydrogens is 277 g/mol. The number of nitrogens with two attached hydrogens (primary N) is 1. The largest absolute Gasteiger partial charge is 0.456 e. The van der Waals surface area contributed by atoms with E-state index >= 15 is 0 Å². The highest BCUT2D eigenvalue weighted by molar-refractivity contribution is 7.12. The first kappa shape index (κ1) is 12.9. The zero-order valence-electron chi connectivity index (χ0n) is 9.15. The molecule has 0 saturated heterocycles. The van der Waals surface area contributed by atoms with Gasteiger partial charge in [0.15, 0.2) is 0 Å². The van der Waals surface area contributed by atoms with Crippen molar-refractivity contribution in [1.29, 1.82) is 0 Å². The number of anilines is 1. The van der Waals surface area contributed by atoms with Crippen LogP contribution in [0.1, 0.15) is 15.2 Å². The third-order valence-electron chi connectivity index (χ3n) is 2.27. The average molecular weight is 286 g/mol. The number of ether oxygens (including phenoxy) is 1. The highest BCUT2D eigenvalue weighted by atomic mass is 35.5. The third kappa shape index (κ3) is 2.63. The summed E-state index contributed by atoms with van der Waals surface area (Å²) in [5, 5.41) is 1.69. The van der Waals surface area contributed by atoms with Crippen LogP contribution < -0.4 is 5.73 Å². The lowest BCUT2D eigenvalue weighted by atomic mass is 10.2. The van der Waals surface area contributed by atoms with Crippen LogP contribution >= 0.6 is 22.9 Å². The molecule has 0 amide bonds. The van der Waals surface area contributed by atoms with Crippen molar-refractivity contribution in [2.75, 3.05) is 5.73 Å². The number of hydrogen-bond donors (Lipinski definition) is 1. The summed E-state index contributed by atoms with van der Waals surface area (Å²) in [7, 11) is 0. The minimum Gasteiger partial charge on any atom is -0.456 e. The van der Waals surface area contributed by atoms with Gasteiger partial charge in [-0.2, -0.15) is 0 Å². The number of carbonyl (C=O) groups is 1. The van der Waals surface area contributed by atoms with Crippen LogP contribution in [-0.4, -0.2) is 5.97 Å². The summed E-state index contributed by atoms with van der Waals surface area (Å²) in [5.74, 6) is -1.15. The third-order valence-corrected chi connectivity index (χ3v) is 3.47. The van der Waals surface area contributed by atoms with Gasteiger partial charge in [0.2, 0.25) is 0 Å². The molecule has 2 N–H and O–H groups in total. The maximum absolute atomic E-state index is 13.5. The van der Waals surface area contributed by atoms with E-state index in [1.807, 2.05) is 0 Å². The van der Waals surface area contributed by atoms with E-state index in [1.165, 1.54) is 23.5 Å². The Morgan fingerprint density at radius 3 is 2.89 bits per heavy atom. The Labute approximate surface area is 112 Å². The second kappa shape index (κ2) is 5.37. The van der Waals surface area contributed by atoms with E-state index in [-0.39, 0.29) is 17.2 Å². The summed E-state index contributed by atoms with van der Waals surface area (Å²) in [5.41, 5.74) is 6.16.